The number of carboxylic acid groups (broad SMARTS) is 1. The number of hydrogen-bond donors (Lipinski definition) is 2. The van der Waals surface area contributed by atoms with Crippen molar-refractivity contribution in [1.82, 2.24) is 4.90 Å². The molecular weight excluding hydrogens is 427 g/mol. The number of hydrogen-bond acceptors (Lipinski definition) is 5. The number of allylic oxidation sites excluding steroid dienone is 1. The Hall–Kier alpha value is -2.75. The van der Waals surface area contributed by atoms with Crippen LogP contribution in [0.4, 0.5) is 23.7 Å². The van der Waals surface area contributed by atoms with Crippen LogP contribution in [-0.2, 0) is 4.74 Å². The Bertz CT molecular complexity index is 908. The second-order valence-corrected chi connectivity index (χ2v) is 8.30. The number of benzene rings is 1. The van der Waals surface area contributed by atoms with Gasteiger partial charge >= 0.3 is 12.3 Å². The van der Waals surface area contributed by atoms with Gasteiger partial charge in [0.2, 0.25) is 0 Å². The van der Waals surface area contributed by atoms with E-state index in [0.717, 1.165) is 24.7 Å². The van der Waals surface area contributed by atoms with Gasteiger partial charge in [0, 0.05) is 31.5 Å². The summed E-state index contributed by atoms with van der Waals surface area (Å²) in [5.41, 5.74) is 1.64. The van der Waals surface area contributed by atoms with Crippen LogP contribution in [0.5, 0.6) is 5.75 Å². The number of nitrogens with zero attached hydrogens (tertiary/aromatic N) is 2. The average molecular weight is 453 g/mol. The third-order valence-electron chi connectivity index (χ3n) is 5.92. The molecule has 174 valence electrons. The lowest BCUT2D eigenvalue weighted by Gasteiger charge is -2.31. The lowest BCUT2D eigenvalue weighted by Crippen LogP contribution is -2.44. The van der Waals surface area contributed by atoms with E-state index in [1.54, 1.807) is 18.2 Å². The Kier molecular flexibility index (Phi) is 6.32. The highest BCUT2D eigenvalue weighted by Crippen LogP contribution is 2.42. The zero-order valence-electron chi connectivity index (χ0n) is 17.6. The summed E-state index contributed by atoms with van der Waals surface area (Å²) in [4.78, 5) is 17.3. The molecule has 7 nitrogen and oxygen atoms in total. The molecule has 0 aromatic heterocycles. The molecule has 2 heterocycles. The highest BCUT2D eigenvalue weighted by atomic mass is 19.4. The Labute approximate surface area is 183 Å². The van der Waals surface area contributed by atoms with Crippen molar-refractivity contribution >= 4 is 18.0 Å². The molecule has 1 unspecified atom stereocenters. The summed E-state index contributed by atoms with van der Waals surface area (Å²) in [6, 6.07) is 5.08. The summed E-state index contributed by atoms with van der Waals surface area (Å²) in [6.07, 6.45) is -2.40. The van der Waals surface area contributed by atoms with Crippen LogP contribution in [0.3, 0.4) is 0 Å². The van der Waals surface area contributed by atoms with Gasteiger partial charge in [0.05, 0.1) is 11.4 Å². The van der Waals surface area contributed by atoms with Crippen LogP contribution in [0, 0.1) is 5.92 Å². The largest absolute Gasteiger partial charge is 0.479 e. The Morgan fingerprint density at radius 1 is 1.25 bits per heavy atom. The van der Waals surface area contributed by atoms with Gasteiger partial charge in [-0.1, -0.05) is 12.1 Å². The number of aliphatic imine (C=N–C) groups is 1. The van der Waals surface area contributed by atoms with Crippen LogP contribution in [0.1, 0.15) is 44.1 Å². The molecule has 0 bridgehead atoms. The average Bonchev–Trinajstić information content (AvgIpc) is 3.60. The second kappa shape index (κ2) is 9.01. The van der Waals surface area contributed by atoms with Gasteiger partial charge in [0.1, 0.15) is 11.9 Å². The van der Waals surface area contributed by atoms with Crippen LogP contribution in [-0.4, -0.2) is 54.0 Å². The van der Waals surface area contributed by atoms with E-state index in [1.165, 1.54) is 12.4 Å². The minimum absolute atomic E-state index is 0.0158. The van der Waals surface area contributed by atoms with Gasteiger partial charge in [-0.25, -0.2) is 4.79 Å². The van der Waals surface area contributed by atoms with Crippen molar-refractivity contribution < 1.29 is 32.5 Å². The van der Waals surface area contributed by atoms with Crippen molar-refractivity contribution in [2.24, 2.45) is 10.9 Å². The summed E-state index contributed by atoms with van der Waals surface area (Å²) in [5.74, 6) is 0.329. The van der Waals surface area contributed by atoms with E-state index in [4.69, 9.17) is 9.47 Å². The smallest absolute Gasteiger partial charge is 0.425 e. The Balaban J connectivity index is 1.65. The first-order valence-corrected chi connectivity index (χ1v) is 10.7. The van der Waals surface area contributed by atoms with Crippen molar-refractivity contribution in [1.29, 1.82) is 0 Å². The van der Waals surface area contributed by atoms with Crippen LogP contribution >= 0.6 is 0 Å². The number of anilines is 1. The first kappa shape index (κ1) is 22.4. The van der Waals surface area contributed by atoms with Crippen molar-refractivity contribution in [3.8, 4) is 5.75 Å². The fourth-order valence-electron chi connectivity index (χ4n) is 3.89. The molecule has 2 N–H and O–H groups in total. The van der Waals surface area contributed by atoms with Crippen molar-refractivity contribution in [3.05, 3.63) is 35.7 Å². The van der Waals surface area contributed by atoms with Gasteiger partial charge in [0.15, 0.2) is 6.10 Å². The van der Waals surface area contributed by atoms with Crippen molar-refractivity contribution in [3.63, 3.8) is 0 Å². The molecule has 10 heteroatoms. The molecular formula is C22H26F3N3O4. The minimum Gasteiger partial charge on any atom is -0.479 e. The lowest BCUT2D eigenvalue weighted by atomic mass is 9.90. The molecule has 1 saturated carbocycles. The molecule has 1 amide bonds. The third kappa shape index (κ3) is 5.01. The second-order valence-electron chi connectivity index (χ2n) is 8.30. The van der Waals surface area contributed by atoms with E-state index >= 15 is 0 Å². The highest BCUT2D eigenvalue weighted by Gasteiger charge is 2.39. The fraction of sp³-hybridized carbons (Fsp3) is 0.545. The van der Waals surface area contributed by atoms with Gasteiger partial charge in [0.25, 0.3) is 0 Å². The number of para-hydroxylation sites is 1. The van der Waals surface area contributed by atoms with Gasteiger partial charge in [-0.3, -0.25) is 9.89 Å². The van der Waals surface area contributed by atoms with Gasteiger partial charge in [-0.05, 0) is 50.2 Å². The Morgan fingerprint density at radius 2 is 1.97 bits per heavy atom. The molecule has 2 fully saturated rings. The summed E-state index contributed by atoms with van der Waals surface area (Å²) in [5, 5.41) is 12.7. The molecule has 3 aliphatic rings. The maximum atomic E-state index is 13.3. The van der Waals surface area contributed by atoms with E-state index < -0.39 is 24.5 Å². The first-order chi connectivity index (χ1) is 15.2. The number of rotatable bonds is 6. The zero-order chi connectivity index (χ0) is 22.9. The fourth-order valence-corrected chi connectivity index (χ4v) is 3.89. The maximum Gasteiger partial charge on any atom is 0.425 e. The van der Waals surface area contributed by atoms with Crippen LogP contribution in [0.15, 0.2) is 35.1 Å². The predicted octanol–water partition coefficient (Wildman–Crippen LogP) is 4.96. The third-order valence-corrected chi connectivity index (χ3v) is 5.92. The number of alkyl halides is 3. The topological polar surface area (TPSA) is 83.4 Å². The molecule has 2 aliphatic heterocycles. The molecule has 0 spiro atoms. The van der Waals surface area contributed by atoms with Crippen molar-refractivity contribution in [2.45, 2.75) is 57.0 Å². The quantitative estimate of drug-likeness (QED) is 0.636. The molecule has 0 radical (unpaired) electrons. The minimum atomic E-state index is -4.54. The molecule has 4 rings (SSSR count). The van der Waals surface area contributed by atoms with Gasteiger partial charge in [-0.15, -0.1) is 0 Å². The molecule has 1 saturated heterocycles. The lowest BCUT2D eigenvalue weighted by molar-refractivity contribution is -0.189. The zero-order valence-corrected chi connectivity index (χ0v) is 17.6. The van der Waals surface area contributed by atoms with Crippen LogP contribution < -0.4 is 10.1 Å². The Morgan fingerprint density at radius 3 is 2.59 bits per heavy atom. The predicted molar refractivity (Wildman–Crippen MR) is 112 cm³/mol. The number of carbonyl (C=O) groups is 1. The van der Waals surface area contributed by atoms with E-state index in [9.17, 15) is 23.1 Å². The SMILES string of the molecule is CC(Oc1c(N[C@@H]2C=NC(C3CC3)=CN2C(=O)O)cccc1C1CCOCC1)C(F)(F)F. The summed E-state index contributed by atoms with van der Waals surface area (Å²) in [6.45, 7) is 2.00. The van der Waals surface area contributed by atoms with E-state index in [0.29, 0.717) is 37.3 Å². The summed E-state index contributed by atoms with van der Waals surface area (Å²) in [7, 11) is 0. The molecule has 1 aromatic rings. The first-order valence-electron chi connectivity index (χ1n) is 10.7. The maximum absolute atomic E-state index is 13.3. The van der Waals surface area contributed by atoms with E-state index in [2.05, 4.69) is 10.3 Å². The number of ether oxygens (including phenoxy) is 2. The molecule has 1 aliphatic carbocycles. The standard InChI is InChI=1S/C22H26F3N3O4/c1-13(22(23,24)25)32-20-16(14-7-9-31-10-8-14)3-2-4-17(20)27-19-11-26-18(15-5-6-15)12-28(19)21(29)30/h2-4,11-15,19,27H,5-10H2,1H3,(H,29,30)/t13?,19-/m0/s1. The number of halogens is 3. The van der Waals surface area contributed by atoms with Crippen molar-refractivity contribution in [2.75, 3.05) is 18.5 Å². The van der Waals surface area contributed by atoms with Gasteiger partial charge < -0.3 is 19.9 Å². The van der Waals surface area contributed by atoms with Gasteiger partial charge in [-0.2, -0.15) is 13.2 Å². The number of nitrogens with one attached hydrogen (secondary N) is 1. The van der Waals surface area contributed by atoms with Crippen LogP contribution in [0.25, 0.3) is 0 Å². The van der Waals surface area contributed by atoms with E-state index in [-0.39, 0.29) is 23.3 Å². The molecule has 1 aromatic carbocycles. The van der Waals surface area contributed by atoms with Crippen LogP contribution in [0.2, 0.25) is 0 Å². The highest BCUT2D eigenvalue weighted by molar-refractivity contribution is 5.81. The van der Waals surface area contributed by atoms with E-state index in [1.807, 2.05) is 0 Å². The monoisotopic (exact) mass is 453 g/mol. The normalized spacial score (nSPS) is 22.9. The summed E-state index contributed by atoms with van der Waals surface area (Å²) < 4.78 is 50.8. The molecule has 32 heavy (non-hydrogen) atoms. The number of amides is 1. The molecule has 2 atom stereocenters. The summed E-state index contributed by atoms with van der Waals surface area (Å²) >= 11 is 0.